The molecule has 0 heterocycles. The van der Waals surface area contributed by atoms with Crippen molar-refractivity contribution in [3.8, 4) is 0 Å². The summed E-state index contributed by atoms with van der Waals surface area (Å²) in [5.74, 6) is -0.731. The molecular weight excluding hydrogens is 558 g/mol. The molecule has 2 amide bonds. The Morgan fingerprint density at radius 3 is 2.02 bits per heavy atom. The maximum absolute atomic E-state index is 14.0. The number of aryl methyl sites for hydroxylation is 2. The summed E-state index contributed by atoms with van der Waals surface area (Å²) < 4.78 is 28.9. The third-order valence-electron chi connectivity index (χ3n) is 7.59. The Balaban J connectivity index is 1.66. The van der Waals surface area contributed by atoms with E-state index in [9.17, 15) is 18.0 Å². The minimum absolute atomic E-state index is 0.0807. The Labute approximate surface area is 248 Å². The van der Waals surface area contributed by atoms with Gasteiger partial charge in [0.1, 0.15) is 12.6 Å². The highest BCUT2D eigenvalue weighted by molar-refractivity contribution is 7.92. The first-order chi connectivity index (χ1) is 19.5. The maximum Gasteiger partial charge on any atom is 0.264 e. The largest absolute Gasteiger partial charge is 0.352 e. The van der Waals surface area contributed by atoms with Gasteiger partial charge < -0.3 is 10.2 Å². The van der Waals surface area contributed by atoms with Gasteiger partial charge in [0, 0.05) is 17.6 Å². The van der Waals surface area contributed by atoms with Gasteiger partial charge in [-0.05, 0) is 75.6 Å². The monoisotopic (exact) mass is 595 g/mol. The first-order valence-corrected chi connectivity index (χ1v) is 15.9. The number of nitrogens with zero attached hydrogens (tertiary/aromatic N) is 2. The molecule has 1 saturated carbocycles. The standard InChI is InChI=1S/C32H38ClN3O4S/c1-23-9-17-29(18-10-23)36(41(39,40)30-19-11-24(2)12-20-30)22-31(37)35(21-26-13-15-27(33)16-14-26)25(3)32(38)34-28-7-5-4-6-8-28/h9-20,25,28H,4-8,21-22H2,1-3H3,(H,34,38)/t25-/m0/s1. The topological polar surface area (TPSA) is 86.8 Å². The fourth-order valence-corrected chi connectivity index (χ4v) is 6.56. The SMILES string of the molecule is Cc1ccc(N(CC(=O)N(Cc2ccc(Cl)cc2)[C@@H](C)C(=O)NC2CCCCC2)S(=O)(=O)c2ccc(C)cc2)cc1. The van der Waals surface area contributed by atoms with Crippen molar-refractivity contribution < 1.29 is 18.0 Å². The lowest BCUT2D eigenvalue weighted by Gasteiger charge is -2.33. The molecule has 0 spiro atoms. The van der Waals surface area contributed by atoms with Gasteiger partial charge >= 0.3 is 0 Å². The van der Waals surface area contributed by atoms with Crippen molar-refractivity contribution in [1.29, 1.82) is 0 Å². The second-order valence-electron chi connectivity index (χ2n) is 10.8. The van der Waals surface area contributed by atoms with Crippen molar-refractivity contribution in [1.82, 2.24) is 10.2 Å². The molecule has 41 heavy (non-hydrogen) atoms. The number of hydrogen-bond donors (Lipinski definition) is 1. The molecule has 0 bridgehead atoms. The number of benzene rings is 3. The van der Waals surface area contributed by atoms with Crippen LogP contribution in [0.2, 0.25) is 5.02 Å². The van der Waals surface area contributed by atoms with E-state index in [0.717, 1.165) is 53.1 Å². The molecule has 3 aromatic carbocycles. The van der Waals surface area contributed by atoms with Crippen LogP contribution in [0, 0.1) is 13.8 Å². The molecule has 1 atom stereocenters. The van der Waals surface area contributed by atoms with Gasteiger partial charge in [0.15, 0.2) is 0 Å². The third-order valence-corrected chi connectivity index (χ3v) is 9.63. The van der Waals surface area contributed by atoms with E-state index < -0.39 is 28.5 Å². The first-order valence-electron chi connectivity index (χ1n) is 14.0. The molecule has 0 saturated heterocycles. The lowest BCUT2D eigenvalue weighted by molar-refractivity contribution is -0.139. The van der Waals surface area contributed by atoms with E-state index in [2.05, 4.69) is 5.32 Å². The summed E-state index contributed by atoms with van der Waals surface area (Å²) >= 11 is 6.08. The fourth-order valence-electron chi connectivity index (χ4n) is 5.02. The molecular formula is C32H38ClN3O4S. The van der Waals surface area contributed by atoms with Gasteiger partial charge in [0.2, 0.25) is 11.8 Å². The summed E-state index contributed by atoms with van der Waals surface area (Å²) in [5, 5.41) is 3.68. The maximum atomic E-state index is 14.0. The van der Waals surface area contributed by atoms with E-state index in [-0.39, 0.29) is 23.4 Å². The van der Waals surface area contributed by atoms with Gasteiger partial charge in [-0.2, -0.15) is 0 Å². The molecule has 1 aliphatic carbocycles. The number of halogens is 1. The number of anilines is 1. The number of carbonyl (C=O) groups is 2. The van der Waals surface area contributed by atoms with Gasteiger partial charge in [-0.15, -0.1) is 0 Å². The van der Waals surface area contributed by atoms with Crippen LogP contribution in [0.4, 0.5) is 5.69 Å². The highest BCUT2D eigenvalue weighted by Crippen LogP contribution is 2.26. The molecule has 3 aromatic rings. The van der Waals surface area contributed by atoms with E-state index in [1.165, 1.54) is 4.90 Å². The minimum Gasteiger partial charge on any atom is -0.352 e. The predicted molar refractivity (Wildman–Crippen MR) is 163 cm³/mol. The molecule has 0 unspecified atom stereocenters. The quantitative estimate of drug-likeness (QED) is 0.311. The number of hydrogen-bond acceptors (Lipinski definition) is 4. The fraction of sp³-hybridized carbons (Fsp3) is 0.375. The van der Waals surface area contributed by atoms with Crippen LogP contribution in [0.15, 0.2) is 77.7 Å². The molecule has 0 aromatic heterocycles. The van der Waals surface area contributed by atoms with Crippen LogP contribution in [0.1, 0.15) is 55.7 Å². The van der Waals surface area contributed by atoms with E-state index in [4.69, 9.17) is 11.6 Å². The average molecular weight is 596 g/mol. The van der Waals surface area contributed by atoms with Crippen molar-refractivity contribution in [2.24, 2.45) is 0 Å². The molecule has 1 fully saturated rings. The van der Waals surface area contributed by atoms with Crippen LogP contribution in [-0.2, 0) is 26.2 Å². The molecule has 1 aliphatic rings. The molecule has 0 radical (unpaired) electrons. The normalized spacial score (nSPS) is 14.7. The second kappa shape index (κ2) is 13.5. The average Bonchev–Trinajstić information content (AvgIpc) is 2.96. The Hall–Kier alpha value is -3.36. The molecule has 4 rings (SSSR count). The summed E-state index contributed by atoms with van der Waals surface area (Å²) in [7, 11) is -4.09. The minimum atomic E-state index is -4.09. The second-order valence-corrected chi connectivity index (χ2v) is 13.1. The Morgan fingerprint density at radius 1 is 0.878 bits per heavy atom. The van der Waals surface area contributed by atoms with Gasteiger partial charge in [-0.25, -0.2) is 8.42 Å². The Kier molecular flexibility index (Phi) is 10.1. The van der Waals surface area contributed by atoms with Crippen LogP contribution in [-0.4, -0.2) is 43.8 Å². The number of amides is 2. The zero-order valence-electron chi connectivity index (χ0n) is 23.8. The Morgan fingerprint density at radius 2 is 1.44 bits per heavy atom. The third kappa shape index (κ3) is 7.89. The zero-order valence-corrected chi connectivity index (χ0v) is 25.4. The molecule has 218 valence electrons. The van der Waals surface area contributed by atoms with E-state index in [1.807, 2.05) is 26.0 Å². The van der Waals surface area contributed by atoms with E-state index in [0.29, 0.717) is 10.7 Å². The van der Waals surface area contributed by atoms with Gasteiger partial charge in [0.25, 0.3) is 10.0 Å². The summed E-state index contributed by atoms with van der Waals surface area (Å²) in [4.78, 5) is 29.0. The zero-order chi connectivity index (χ0) is 29.6. The lowest BCUT2D eigenvalue weighted by atomic mass is 9.95. The van der Waals surface area contributed by atoms with Crippen molar-refractivity contribution in [2.75, 3.05) is 10.8 Å². The van der Waals surface area contributed by atoms with Crippen molar-refractivity contribution >= 4 is 39.1 Å². The predicted octanol–water partition coefficient (Wildman–Crippen LogP) is 6.02. The Bertz CT molecular complexity index is 1440. The van der Waals surface area contributed by atoms with Crippen LogP contribution >= 0.6 is 11.6 Å². The number of rotatable bonds is 10. The molecule has 1 N–H and O–H groups in total. The van der Waals surface area contributed by atoms with Crippen LogP contribution in [0.5, 0.6) is 0 Å². The number of carbonyl (C=O) groups excluding carboxylic acids is 2. The highest BCUT2D eigenvalue weighted by atomic mass is 35.5. The van der Waals surface area contributed by atoms with Crippen molar-refractivity contribution in [3.63, 3.8) is 0 Å². The van der Waals surface area contributed by atoms with Gasteiger partial charge in [-0.1, -0.05) is 78.4 Å². The van der Waals surface area contributed by atoms with Gasteiger partial charge in [0.05, 0.1) is 10.6 Å². The highest BCUT2D eigenvalue weighted by Gasteiger charge is 2.33. The van der Waals surface area contributed by atoms with Crippen LogP contribution in [0.25, 0.3) is 0 Å². The summed E-state index contributed by atoms with van der Waals surface area (Å²) in [6.45, 7) is 5.15. The summed E-state index contributed by atoms with van der Waals surface area (Å²) in [6.07, 6.45) is 5.12. The first kappa shape index (κ1) is 30.6. The van der Waals surface area contributed by atoms with Crippen molar-refractivity contribution in [2.45, 2.75) is 76.4 Å². The molecule has 9 heteroatoms. The van der Waals surface area contributed by atoms with Crippen LogP contribution in [0.3, 0.4) is 0 Å². The van der Waals surface area contributed by atoms with Crippen molar-refractivity contribution in [3.05, 3.63) is 94.5 Å². The van der Waals surface area contributed by atoms with Gasteiger partial charge in [-0.3, -0.25) is 13.9 Å². The van der Waals surface area contributed by atoms with E-state index in [1.54, 1.807) is 67.6 Å². The van der Waals surface area contributed by atoms with E-state index >= 15 is 0 Å². The molecule has 0 aliphatic heterocycles. The van der Waals surface area contributed by atoms with Crippen LogP contribution < -0.4 is 9.62 Å². The number of sulfonamides is 1. The smallest absolute Gasteiger partial charge is 0.264 e. The summed E-state index contributed by atoms with van der Waals surface area (Å²) in [5.41, 5.74) is 3.04. The lowest BCUT2D eigenvalue weighted by Crippen LogP contribution is -2.53. The molecule has 7 nitrogen and oxygen atoms in total. The number of nitrogens with one attached hydrogen (secondary N) is 1. The summed E-state index contributed by atoms with van der Waals surface area (Å²) in [6, 6.07) is 19.9.